The highest BCUT2D eigenvalue weighted by atomic mass is 32.2. The van der Waals surface area contributed by atoms with Crippen molar-refractivity contribution in [3.05, 3.63) is 59.6 Å². The topological polar surface area (TPSA) is 87.2 Å². The van der Waals surface area contributed by atoms with Crippen LogP contribution in [0.1, 0.15) is 6.99 Å². The van der Waals surface area contributed by atoms with Crippen LogP contribution in [0.3, 0.4) is 0 Å². The number of hydrogen-bond donors (Lipinski definition) is 2. The van der Waals surface area contributed by atoms with E-state index in [1.54, 1.807) is 35.0 Å². The lowest BCUT2D eigenvalue weighted by molar-refractivity contribution is 0.601. The Hall–Kier alpha value is -2.69. The van der Waals surface area contributed by atoms with Gasteiger partial charge >= 0.3 is 0 Å². The highest BCUT2D eigenvalue weighted by Crippen LogP contribution is 2.31. The van der Waals surface area contributed by atoms with Crippen LogP contribution in [0, 0.1) is 0 Å². The molecular formula is C20H21N5O2S3. The molecule has 0 fully saturated rings. The molecule has 2 aromatic carbocycles. The molecule has 1 aliphatic rings. The Labute approximate surface area is 184 Å². The van der Waals surface area contributed by atoms with Crippen molar-refractivity contribution in [1.29, 1.82) is 0 Å². The van der Waals surface area contributed by atoms with E-state index in [4.69, 9.17) is 0 Å². The van der Waals surface area contributed by atoms with E-state index in [9.17, 15) is 8.42 Å². The van der Waals surface area contributed by atoms with E-state index in [2.05, 4.69) is 31.0 Å². The van der Waals surface area contributed by atoms with E-state index < -0.39 is 10.0 Å². The number of anilines is 3. The summed E-state index contributed by atoms with van der Waals surface area (Å²) in [6, 6.07) is 13.4. The Morgan fingerprint density at radius 2 is 2.07 bits per heavy atom. The fourth-order valence-corrected chi connectivity index (χ4v) is 6.27. The third-order valence-corrected chi connectivity index (χ3v) is 8.11. The molecule has 0 saturated heterocycles. The van der Waals surface area contributed by atoms with Gasteiger partial charge in [-0.05, 0) is 42.3 Å². The number of nitrogens with one attached hydrogen (secondary N) is 2. The molecule has 0 unspecified atom stereocenters. The molecular weight excluding hydrogens is 438 g/mol. The third-order valence-electron chi connectivity index (χ3n) is 4.96. The van der Waals surface area contributed by atoms with Crippen LogP contribution in [0.25, 0.3) is 10.2 Å². The van der Waals surface area contributed by atoms with Crippen LogP contribution in [-0.4, -0.2) is 38.0 Å². The Morgan fingerprint density at radius 1 is 1.17 bits per heavy atom. The van der Waals surface area contributed by atoms with Crippen molar-refractivity contribution in [1.82, 2.24) is 9.97 Å². The number of sulfonamides is 1. The maximum Gasteiger partial charge on any atom is 0.263 e. The number of fused-ring (bicyclic) bond motifs is 2. The number of hydrogen-bond acceptors (Lipinski definition) is 8. The van der Waals surface area contributed by atoms with Crippen molar-refractivity contribution in [3.63, 3.8) is 0 Å². The average Bonchev–Trinajstić information content (AvgIpc) is 3.47. The van der Waals surface area contributed by atoms with Gasteiger partial charge in [0.15, 0.2) is 10.3 Å². The zero-order valence-corrected chi connectivity index (χ0v) is 18.4. The molecule has 10 heteroatoms. The van der Waals surface area contributed by atoms with Gasteiger partial charge in [-0.3, -0.25) is 4.72 Å². The molecule has 0 aliphatic carbocycles. The highest BCUT2D eigenvalue weighted by molar-refractivity contribution is 7.93. The van der Waals surface area contributed by atoms with Gasteiger partial charge in [0, 0.05) is 38.3 Å². The van der Waals surface area contributed by atoms with Crippen LogP contribution in [-0.2, 0) is 16.4 Å². The van der Waals surface area contributed by atoms with Gasteiger partial charge in [0.05, 0.1) is 15.1 Å². The molecule has 2 aromatic heterocycles. The van der Waals surface area contributed by atoms with Gasteiger partial charge in [-0.15, -0.1) is 11.3 Å². The molecule has 156 valence electrons. The smallest absolute Gasteiger partial charge is 0.263 e. The highest BCUT2D eigenvalue weighted by Gasteiger charge is 2.23. The molecule has 0 saturated carbocycles. The molecule has 3 heterocycles. The summed E-state index contributed by atoms with van der Waals surface area (Å²) in [5.41, 5.74) is 3.16. The van der Waals surface area contributed by atoms with Crippen LogP contribution in [0.15, 0.2) is 58.9 Å². The molecule has 5 rings (SSSR count). The first-order chi connectivity index (χ1) is 14.6. The molecule has 0 radical (unpaired) electrons. The van der Waals surface area contributed by atoms with Gasteiger partial charge in [-0.2, -0.15) is 0 Å². The first-order valence-electron chi connectivity index (χ1n) is 9.48. The summed E-state index contributed by atoms with van der Waals surface area (Å²) in [5.74, 6) is 0. The fourth-order valence-electron chi connectivity index (χ4n) is 3.54. The van der Waals surface area contributed by atoms with Crippen molar-refractivity contribution in [2.24, 2.45) is 0 Å². The molecule has 4 aromatic rings. The monoisotopic (exact) mass is 459 g/mol. The number of para-hydroxylation sites is 1. The molecule has 30 heavy (non-hydrogen) atoms. The number of thiazole rings is 2. The maximum absolute atomic E-state index is 12.6. The Morgan fingerprint density at radius 3 is 2.90 bits per heavy atom. The second-order valence-electron chi connectivity index (χ2n) is 6.88. The minimum atomic E-state index is -3.63. The van der Waals surface area contributed by atoms with Gasteiger partial charge < -0.3 is 10.2 Å². The summed E-state index contributed by atoms with van der Waals surface area (Å²) in [5, 5.41) is 6.44. The molecule has 1 aliphatic heterocycles. The van der Waals surface area contributed by atoms with Crippen LogP contribution in [0.2, 0.25) is 0 Å². The SMILES string of the molecule is O=S(=O)(Nc1nccs1)c1ccc2c(c1)CCN2CCNc1nc2ccccc2s1.[HH]. The second-order valence-corrected chi connectivity index (χ2v) is 10.5. The molecule has 0 spiro atoms. The quantitative estimate of drug-likeness (QED) is 0.429. The van der Waals surface area contributed by atoms with Crippen LogP contribution < -0.4 is 14.9 Å². The number of benzene rings is 2. The van der Waals surface area contributed by atoms with Gasteiger partial charge in [-0.1, -0.05) is 23.5 Å². The Kier molecular flexibility index (Phi) is 5.05. The van der Waals surface area contributed by atoms with Crippen molar-refractivity contribution in [2.45, 2.75) is 11.3 Å². The lowest BCUT2D eigenvalue weighted by atomic mass is 10.2. The zero-order valence-electron chi connectivity index (χ0n) is 15.9. The molecule has 0 bridgehead atoms. The van der Waals surface area contributed by atoms with Crippen molar-refractivity contribution in [3.8, 4) is 0 Å². The number of rotatable bonds is 7. The summed E-state index contributed by atoms with van der Waals surface area (Å²) in [4.78, 5) is 11.1. The minimum Gasteiger partial charge on any atom is -0.369 e. The summed E-state index contributed by atoms with van der Waals surface area (Å²) in [6.07, 6.45) is 2.41. The predicted octanol–water partition coefficient (Wildman–Crippen LogP) is 4.27. The van der Waals surface area contributed by atoms with E-state index in [0.717, 1.165) is 48.0 Å². The first-order valence-corrected chi connectivity index (χ1v) is 12.7. The first kappa shape index (κ1) is 19.3. The van der Waals surface area contributed by atoms with Gasteiger partial charge in [0.25, 0.3) is 10.0 Å². The van der Waals surface area contributed by atoms with E-state index in [1.165, 1.54) is 16.0 Å². The summed E-state index contributed by atoms with van der Waals surface area (Å²) in [7, 11) is -3.63. The van der Waals surface area contributed by atoms with E-state index in [-0.39, 0.29) is 6.32 Å². The standard InChI is InChI=1S/C20H19N5O2S3.H2/c26-30(27,24-20-22-9-12-28-20)15-5-6-17-14(13-15)7-10-25(17)11-8-21-19-23-16-3-1-2-4-18(16)29-19;/h1-6,9,12-13H,7-8,10-11H2,(H,21,23)(H,22,24);1H. The Bertz CT molecular complexity index is 1260. The third kappa shape index (κ3) is 3.85. The normalized spacial score (nSPS) is 13.5. The molecule has 2 N–H and O–H groups in total. The van der Waals surface area contributed by atoms with Crippen LogP contribution >= 0.6 is 22.7 Å². The van der Waals surface area contributed by atoms with Crippen molar-refractivity contribution in [2.75, 3.05) is 34.6 Å². The van der Waals surface area contributed by atoms with Gasteiger partial charge in [-0.25, -0.2) is 18.4 Å². The number of aromatic nitrogens is 2. The van der Waals surface area contributed by atoms with E-state index in [1.807, 2.05) is 24.3 Å². The predicted molar refractivity (Wildman–Crippen MR) is 126 cm³/mol. The van der Waals surface area contributed by atoms with Gasteiger partial charge in [0.2, 0.25) is 0 Å². The molecule has 0 amide bonds. The van der Waals surface area contributed by atoms with Crippen LogP contribution in [0.4, 0.5) is 16.0 Å². The lowest BCUT2D eigenvalue weighted by Gasteiger charge is -2.19. The molecule has 0 atom stereocenters. The molecule has 7 nitrogen and oxygen atoms in total. The average molecular weight is 460 g/mol. The summed E-state index contributed by atoms with van der Waals surface area (Å²) in [6.45, 7) is 2.47. The maximum atomic E-state index is 12.6. The van der Waals surface area contributed by atoms with Crippen LogP contribution in [0.5, 0.6) is 0 Å². The fraction of sp³-hybridized carbons (Fsp3) is 0.200. The van der Waals surface area contributed by atoms with Crippen molar-refractivity contribution < 1.29 is 9.84 Å². The van der Waals surface area contributed by atoms with E-state index >= 15 is 0 Å². The Balaban J connectivity index is 0.00000231. The zero-order chi connectivity index (χ0) is 20.6. The summed E-state index contributed by atoms with van der Waals surface area (Å²) < 4.78 is 28.9. The summed E-state index contributed by atoms with van der Waals surface area (Å²) >= 11 is 2.91. The number of nitrogens with zero attached hydrogens (tertiary/aromatic N) is 3. The minimum absolute atomic E-state index is 0. The van der Waals surface area contributed by atoms with E-state index in [0.29, 0.717) is 5.13 Å². The van der Waals surface area contributed by atoms with Gasteiger partial charge in [0.1, 0.15) is 0 Å². The van der Waals surface area contributed by atoms with Crippen molar-refractivity contribution >= 4 is 58.9 Å². The lowest BCUT2D eigenvalue weighted by Crippen LogP contribution is -2.27. The largest absolute Gasteiger partial charge is 0.369 e. The second kappa shape index (κ2) is 7.86.